The molecule has 2 rings (SSSR count). The monoisotopic (exact) mass is 319 g/mol. The summed E-state index contributed by atoms with van der Waals surface area (Å²) >= 11 is 0. The number of aromatic amines is 1. The normalized spacial score (nSPS) is 13.7. The zero-order valence-electron chi connectivity index (χ0n) is 13.7. The first-order valence-electron chi connectivity index (χ1n) is 7.62. The first kappa shape index (κ1) is 17.0. The molecular weight excluding hydrogens is 294 g/mol. The van der Waals surface area contributed by atoms with Crippen molar-refractivity contribution in [2.45, 2.75) is 38.8 Å². The maximum Gasteiger partial charge on any atom is 0.236 e. The molecule has 1 heterocycles. The molecular formula is C16H25N3O2Si. The third-order valence-electron chi connectivity index (χ3n) is 4.03. The number of nitrogens with two attached hydrogens (primary N) is 1. The van der Waals surface area contributed by atoms with Crippen LogP contribution in [0.4, 0.5) is 0 Å². The van der Waals surface area contributed by atoms with E-state index in [1.165, 1.54) is 0 Å². The summed E-state index contributed by atoms with van der Waals surface area (Å²) in [6, 6.07) is 5.83. The summed E-state index contributed by atoms with van der Waals surface area (Å²) < 4.78 is 11.9. The van der Waals surface area contributed by atoms with Crippen LogP contribution in [-0.2, 0) is 4.43 Å². The number of para-hydroxylation sites is 1. The second kappa shape index (κ2) is 7.26. The number of fused-ring (bicyclic) bond motifs is 1. The lowest BCUT2D eigenvalue weighted by Crippen LogP contribution is -2.35. The maximum absolute atomic E-state index is 5.98. The van der Waals surface area contributed by atoms with Crippen LogP contribution in [0.2, 0.25) is 5.04 Å². The van der Waals surface area contributed by atoms with Gasteiger partial charge in [-0.15, -0.1) is 0 Å². The number of aromatic nitrogens is 2. The van der Waals surface area contributed by atoms with E-state index in [-0.39, 0.29) is 11.1 Å². The van der Waals surface area contributed by atoms with Crippen molar-refractivity contribution in [3.05, 3.63) is 24.5 Å². The number of benzene rings is 1. The van der Waals surface area contributed by atoms with Crippen LogP contribution in [0.25, 0.3) is 11.0 Å². The predicted molar refractivity (Wildman–Crippen MR) is 90.1 cm³/mol. The van der Waals surface area contributed by atoms with E-state index in [1.54, 1.807) is 6.33 Å². The van der Waals surface area contributed by atoms with Gasteiger partial charge in [-0.25, -0.2) is 4.98 Å². The molecule has 5 nitrogen and oxygen atoms in total. The van der Waals surface area contributed by atoms with E-state index in [1.807, 2.05) is 18.2 Å². The van der Waals surface area contributed by atoms with Crippen LogP contribution < -0.4 is 10.5 Å². The summed E-state index contributed by atoms with van der Waals surface area (Å²) in [7, 11) is 0.399. The van der Waals surface area contributed by atoms with Gasteiger partial charge < -0.3 is 19.9 Å². The average Bonchev–Trinajstić information content (AvgIpc) is 2.96. The molecule has 0 fully saturated rings. The molecule has 2 radical (unpaired) electrons. The number of imidazole rings is 1. The fourth-order valence-electron chi connectivity index (χ4n) is 1.74. The van der Waals surface area contributed by atoms with Gasteiger partial charge in [0.2, 0.25) is 9.76 Å². The van der Waals surface area contributed by atoms with Crippen molar-refractivity contribution in [3.8, 4) is 5.75 Å². The van der Waals surface area contributed by atoms with Gasteiger partial charge in [0, 0.05) is 6.54 Å². The van der Waals surface area contributed by atoms with E-state index in [0.29, 0.717) is 28.8 Å². The van der Waals surface area contributed by atoms with E-state index in [9.17, 15) is 0 Å². The number of nitrogens with zero attached hydrogens (tertiary/aromatic N) is 1. The molecule has 0 bridgehead atoms. The Hall–Kier alpha value is -1.37. The van der Waals surface area contributed by atoms with Crippen molar-refractivity contribution in [2.75, 3.05) is 13.2 Å². The quantitative estimate of drug-likeness (QED) is 0.734. The maximum atomic E-state index is 5.98. The van der Waals surface area contributed by atoms with Crippen molar-refractivity contribution in [1.82, 2.24) is 9.97 Å². The number of ether oxygens (including phenoxy) is 1. The lowest BCUT2D eigenvalue weighted by atomic mass is 9.99. The molecule has 2 aromatic rings. The van der Waals surface area contributed by atoms with Crippen LogP contribution in [-0.4, -0.2) is 39.0 Å². The number of rotatable bonds is 8. The van der Waals surface area contributed by atoms with Crippen molar-refractivity contribution in [1.29, 1.82) is 0 Å². The van der Waals surface area contributed by atoms with Gasteiger partial charge in [0.05, 0.1) is 17.9 Å². The van der Waals surface area contributed by atoms with Crippen LogP contribution in [0.1, 0.15) is 27.7 Å². The standard InChI is InChI=1S/C16H25N3O2Si/c1-11(2)16(3,4)22-21-12(8-17)9-20-14-7-5-6-13-15(14)19-10-18-13/h5-7,10-12H,8-9,17H2,1-4H3,(H,18,19)/t12-/m0/s1. The minimum absolute atomic E-state index is 0.106. The summed E-state index contributed by atoms with van der Waals surface area (Å²) in [5.74, 6) is 1.32. The van der Waals surface area contributed by atoms with Crippen LogP contribution in [0.5, 0.6) is 5.75 Å². The van der Waals surface area contributed by atoms with Gasteiger partial charge in [-0.1, -0.05) is 33.8 Å². The van der Waals surface area contributed by atoms with Gasteiger partial charge in [0.1, 0.15) is 17.9 Å². The van der Waals surface area contributed by atoms with Crippen molar-refractivity contribution < 1.29 is 9.16 Å². The third kappa shape index (κ3) is 4.09. The molecule has 0 aliphatic rings. The van der Waals surface area contributed by atoms with E-state index in [2.05, 4.69) is 37.7 Å². The number of hydrogen-bond acceptors (Lipinski definition) is 4. The fraction of sp³-hybridized carbons (Fsp3) is 0.562. The molecule has 1 aromatic carbocycles. The Bertz CT molecular complexity index is 598. The molecule has 3 N–H and O–H groups in total. The summed E-state index contributed by atoms with van der Waals surface area (Å²) in [4.78, 5) is 7.35. The molecule has 0 aliphatic carbocycles. The van der Waals surface area contributed by atoms with Gasteiger partial charge in [0.15, 0.2) is 0 Å². The molecule has 0 unspecified atom stereocenters. The zero-order chi connectivity index (χ0) is 16.2. The molecule has 0 spiro atoms. The van der Waals surface area contributed by atoms with E-state index in [4.69, 9.17) is 14.9 Å². The van der Waals surface area contributed by atoms with Crippen molar-refractivity contribution >= 4 is 20.8 Å². The smallest absolute Gasteiger partial charge is 0.236 e. The SMILES string of the molecule is CC(C)C(C)(C)[Si]O[C@@H](CN)COc1cccc2[nH]cnc12. The minimum atomic E-state index is -0.106. The Morgan fingerprint density at radius 2 is 2.14 bits per heavy atom. The highest BCUT2D eigenvalue weighted by Gasteiger charge is 2.26. The molecule has 6 heteroatoms. The van der Waals surface area contributed by atoms with Gasteiger partial charge >= 0.3 is 0 Å². The minimum Gasteiger partial charge on any atom is -0.489 e. The van der Waals surface area contributed by atoms with Crippen LogP contribution in [0.3, 0.4) is 0 Å². The number of H-pyrrole nitrogens is 1. The lowest BCUT2D eigenvalue weighted by molar-refractivity contribution is 0.133. The first-order valence-corrected chi connectivity index (χ1v) is 8.52. The van der Waals surface area contributed by atoms with Crippen LogP contribution in [0, 0.1) is 5.92 Å². The van der Waals surface area contributed by atoms with Gasteiger partial charge in [-0.3, -0.25) is 0 Å². The second-order valence-electron chi connectivity index (χ2n) is 6.32. The van der Waals surface area contributed by atoms with E-state index >= 15 is 0 Å². The first-order chi connectivity index (χ1) is 10.4. The van der Waals surface area contributed by atoms with Gasteiger partial charge in [0.25, 0.3) is 0 Å². The molecule has 0 saturated heterocycles. The largest absolute Gasteiger partial charge is 0.489 e. The lowest BCUT2D eigenvalue weighted by Gasteiger charge is -2.29. The molecule has 0 aliphatic heterocycles. The summed E-state index contributed by atoms with van der Waals surface area (Å²) in [5, 5.41) is 0.148. The molecule has 22 heavy (non-hydrogen) atoms. The number of hydrogen-bond donors (Lipinski definition) is 2. The topological polar surface area (TPSA) is 73.2 Å². The third-order valence-corrected chi connectivity index (χ3v) is 5.59. The van der Waals surface area contributed by atoms with Crippen LogP contribution in [0.15, 0.2) is 24.5 Å². The van der Waals surface area contributed by atoms with E-state index in [0.717, 1.165) is 16.8 Å². The van der Waals surface area contributed by atoms with Crippen LogP contribution >= 0.6 is 0 Å². The summed E-state index contributed by atoms with van der Waals surface area (Å²) in [5.41, 5.74) is 7.61. The van der Waals surface area contributed by atoms with Gasteiger partial charge in [-0.2, -0.15) is 0 Å². The summed E-state index contributed by atoms with van der Waals surface area (Å²) in [6.45, 7) is 9.73. The fourth-order valence-corrected chi connectivity index (χ4v) is 2.61. The predicted octanol–water partition coefficient (Wildman–Crippen LogP) is 2.76. The average molecular weight is 319 g/mol. The molecule has 1 aromatic heterocycles. The van der Waals surface area contributed by atoms with Crippen molar-refractivity contribution in [2.24, 2.45) is 11.7 Å². The Balaban J connectivity index is 1.92. The number of nitrogens with one attached hydrogen (secondary N) is 1. The molecule has 120 valence electrons. The molecule has 0 saturated carbocycles. The highest BCUT2D eigenvalue weighted by atomic mass is 28.2. The Kier molecular flexibility index (Phi) is 5.61. The molecule has 1 atom stereocenters. The molecule has 0 amide bonds. The summed E-state index contributed by atoms with van der Waals surface area (Å²) in [6.07, 6.45) is 1.56. The highest BCUT2D eigenvalue weighted by molar-refractivity contribution is 6.32. The Morgan fingerprint density at radius 1 is 1.36 bits per heavy atom. The van der Waals surface area contributed by atoms with Crippen molar-refractivity contribution in [3.63, 3.8) is 0 Å². The zero-order valence-corrected chi connectivity index (χ0v) is 14.7. The van der Waals surface area contributed by atoms with E-state index < -0.39 is 0 Å². The Morgan fingerprint density at radius 3 is 2.82 bits per heavy atom. The highest BCUT2D eigenvalue weighted by Crippen LogP contribution is 2.33. The second-order valence-corrected chi connectivity index (χ2v) is 8.05. The Labute approximate surface area is 134 Å². The van der Waals surface area contributed by atoms with Gasteiger partial charge in [-0.05, 0) is 23.1 Å².